The van der Waals surface area contributed by atoms with Gasteiger partial charge in [-0.3, -0.25) is 4.72 Å². The van der Waals surface area contributed by atoms with Gasteiger partial charge < -0.3 is 9.47 Å². The van der Waals surface area contributed by atoms with Crippen molar-refractivity contribution in [3.63, 3.8) is 0 Å². The van der Waals surface area contributed by atoms with Crippen LogP contribution >= 0.6 is 0 Å². The largest absolute Gasteiger partial charge is 0.443 e. The van der Waals surface area contributed by atoms with Gasteiger partial charge in [-0.2, -0.15) is 0 Å². The van der Waals surface area contributed by atoms with Crippen molar-refractivity contribution in [3.8, 4) is 0 Å². The van der Waals surface area contributed by atoms with E-state index in [4.69, 9.17) is 9.47 Å². The zero-order chi connectivity index (χ0) is 21.9. The Morgan fingerprint density at radius 2 is 1.46 bits per heavy atom. The van der Waals surface area contributed by atoms with Crippen molar-refractivity contribution in [1.29, 1.82) is 0 Å². The van der Waals surface area contributed by atoms with Crippen LogP contribution in [0.5, 0.6) is 0 Å². The molecule has 0 spiro atoms. The Morgan fingerprint density at radius 1 is 1.00 bits per heavy atom. The lowest BCUT2D eigenvalue weighted by Crippen LogP contribution is -2.43. The summed E-state index contributed by atoms with van der Waals surface area (Å²) in [4.78, 5) is 26.1. The molecule has 1 aromatic carbocycles. The number of imide groups is 1. The Morgan fingerprint density at radius 3 is 1.86 bits per heavy atom. The standard InChI is InChI=1S/C19H30N2O6S/c1-13-9-10-15(20-28(8,24)25)14(11-13)12-21(16(22)26-18(2,3)4)17(23)27-19(5,6)7/h9-11,20H,12H2,1-8H3. The molecular weight excluding hydrogens is 384 g/mol. The van der Waals surface area contributed by atoms with Crippen molar-refractivity contribution < 1.29 is 27.5 Å². The molecule has 0 heterocycles. The molecule has 0 radical (unpaired) electrons. The molecule has 0 bridgehead atoms. The molecule has 0 aromatic heterocycles. The van der Waals surface area contributed by atoms with Crippen molar-refractivity contribution in [1.82, 2.24) is 4.90 Å². The van der Waals surface area contributed by atoms with E-state index in [1.807, 2.05) is 6.92 Å². The summed E-state index contributed by atoms with van der Waals surface area (Å²) in [6.07, 6.45) is -0.738. The molecule has 0 aliphatic heterocycles. The minimum absolute atomic E-state index is 0.219. The van der Waals surface area contributed by atoms with Gasteiger partial charge in [0.1, 0.15) is 11.2 Å². The minimum atomic E-state index is -3.55. The molecule has 158 valence electrons. The monoisotopic (exact) mass is 414 g/mol. The van der Waals surface area contributed by atoms with Crippen LogP contribution in [0, 0.1) is 6.92 Å². The zero-order valence-corrected chi connectivity index (χ0v) is 18.6. The summed E-state index contributed by atoms with van der Waals surface area (Å²) in [6.45, 7) is 11.7. The molecule has 1 N–H and O–H groups in total. The van der Waals surface area contributed by atoms with Crippen LogP contribution in [-0.4, -0.2) is 43.0 Å². The van der Waals surface area contributed by atoms with E-state index in [9.17, 15) is 18.0 Å². The first-order valence-corrected chi connectivity index (χ1v) is 10.7. The van der Waals surface area contributed by atoms with Gasteiger partial charge in [-0.05, 0) is 60.1 Å². The Bertz CT molecular complexity index is 807. The number of aryl methyl sites for hydroxylation is 1. The summed E-state index contributed by atoms with van der Waals surface area (Å²) in [6, 6.07) is 4.99. The number of benzene rings is 1. The first-order valence-electron chi connectivity index (χ1n) is 8.78. The van der Waals surface area contributed by atoms with Gasteiger partial charge in [-0.25, -0.2) is 22.9 Å². The molecule has 9 heteroatoms. The van der Waals surface area contributed by atoms with Gasteiger partial charge in [-0.1, -0.05) is 17.7 Å². The van der Waals surface area contributed by atoms with Gasteiger partial charge in [0.05, 0.1) is 18.5 Å². The third-order valence-electron chi connectivity index (χ3n) is 3.11. The van der Waals surface area contributed by atoms with E-state index in [-0.39, 0.29) is 12.2 Å². The fraction of sp³-hybridized carbons (Fsp3) is 0.579. The topological polar surface area (TPSA) is 102 Å². The Labute approximate surface area is 167 Å². The van der Waals surface area contributed by atoms with Gasteiger partial charge in [0, 0.05) is 0 Å². The summed E-state index contributed by atoms with van der Waals surface area (Å²) in [7, 11) is -3.55. The van der Waals surface area contributed by atoms with Crippen LogP contribution in [0.3, 0.4) is 0 Å². The van der Waals surface area contributed by atoms with Crippen LogP contribution in [0.1, 0.15) is 52.7 Å². The van der Waals surface area contributed by atoms with Crippen LogP contribution in [0.15, 0.2) is 18.2 Å². The Hall–Kier alpha value is -2.29. The number of hydrogen-bond acceptors (Lipinski definition) is 6. The fourth-order valence-electron chi connectivity index (χ4n) is 2.16. The molecule has 8 nitrogen and oxygen atoms in total. The highest BCUT2D eigenvalue weighted by molar-refractivity contribution is 7.92. The summed E-state index contributed by atoms with van der Waals surface area (Å²) in [5.74, 6) is 0. The highest BCUT2D eigenvalue weighted by atomic mass is 32.2. The quantitative estimate of drug-likeness (QED) is 0.798. The number of rotatable bonds is 4. The van der Waals surface area contributed by atoms with Crippen LogP contribution < -0.4 is 4.72 Å². The lowest BCUT2D eigenvalue weighted by Gasteiger charge is -2.29. The van der Waals surface area contributed by atoms with E-state index in [1.165, 1.54) is 0 Å². The second kappa shape index (κ2) is 8.38. The molecule has 1 aromatic rings. The molecule has 0 unspecified atom stereocenters. The number of nitrogens with one attached hydrogen (secondary N) is 1. The van der Waals surface area contributed by atoms with Gasteiger partial charge in [-0.15, -0.1) is 0 Å². The molecule has 0 aliphatic carbocycles. The smallest absolute Gasteiger partial charge is 0.420 e. The van der Waals surface area contributed by atoms with E-state index >= 15 is 0 Å². The predicted octanol–water partition coefficient (Wildman–Crippen LogP) is 4.04. The zero-order valence-electron chi connectivity index (χ0n) is 17.7. The van der Waals surface area contributed by atoms with Gasteiger partial charge in [0.2, 0.25) is 10.0 Å². The number of ether oxygens (including phenoxy) is 2. The molecular formula is C19H30N2O6S. The van der Waals surface area contributed by atoms with Crippen molar-refractivity contribution in [2.24, 2.45) is 0 Å². The van der Waals surface area contributed by atoms with Crippen LogP contribution in [0.4, 0.5) is 15.3 Å². The Kier molecular flexibility index (Phi) is 7.11. The SMILES string of the molecule is Cc1ccc(NS(C)(=O)=O)c(CN(C(=O)OC(C)(C)C)C(=O)OC(C)(C)C)c1. The number of carbonyl (C=O) groups is 2. The normalized spacial score (nSPS) is 12.3. The maximum absolute atomic E-state index is 12.6. The van der Waals surface area contributed by atoms with Crippen molar-refractivity contribution >= 4 is 27.9 Å². The van der Waals surface area contributed by atoms with Gasteiger partial charge in [0.25, 0.3) is 0 Å². The van der Waals surface area contributed by atoms with Crippen molar-refractivity contribution in [2.75, 3.05) is 11.0 Å². The number of carbonyl (C=O) groups excluding carboxylic acids is 2. The minimum Gasteiger partial charge on any atom is -0.443 e. The van der Waals surface area contributed by atoms with E-state index in [2.05, 4.69) is 4.72 Å². The van der Waals surface area contributed by atoms with Crippen molar-refractivity contribution in [2.45, 2.75) is 66.2 Å². The highest BCUT2D eigenvalue weighted by Crippen LogP contribution is 2.23. The molecule has 1 rings (SSSR count). The second-order valence-electron chi connectivity index (χ2n) is 8.58. The van der Waals surface area contributed by atoms with Crippen LogP contribution in [-0.2, 0) is 26.0 Å². The van der Waals surface area contributed by atoms with Crippen molar-refractivity contribution in [3.05, 3.63) is 29.3 Å². The lowest BCUT2D eigenvalue weighted by atomic mass is 10.1. The lowest BCUT2D eigenvalue weighted by molar-refractivity contribution is -0.000205. The summed E-state index contributed by atoms with van der Waals surface area (Å²) in [5.41, 5.74) is -0.106. The molecule has 28 heavy (non-hydrogen) atoms. The fourth-order valence-corrected chi connectivity index (χ4v) is 2.76. The number of hydrogen-bond donors (Lipinski definition) is 1. The molecule has 0 fully saturated rings. The first-order chi connectivity index (χ1) is 12.5. The van der Waals surface area contributed by atoms with E-state index in [1.54, 1.807) is 59.7 Å². The average Bonchev–Trinajstić information content (AvgIpc) is 2.41. The van der Waals surface area contributed by atoms with Crippen LogP contribution in [0.25, 0.3) is 0 Å². The van der Waals surface area contributed by atoms with E-state index in [0.717, 1.165) is 16.7 Å². The van der Waals surface area contributed by atoms with E-state index in [0.29, 0.717) is 5.56 Å². The molecule has 0 saturated heterocycles. The first kappa shape index (κ1) is 23.7. The maximum atomic E-state index is 12.6. The molecule has 0 saturated carbocycles. The predicted molar refractivity (Wildman–Crippen MR) is 108 cm³/mol. The number of amides is 2. The maximum Gasteiger partial charge on any atom is 0.420 e. The van der Waals surface area contributed by atoms with Gasteiger partial charge in [0.15, 0.2) is 0 Å². The summed E-state index contributed by atoms with van der Waals surface area (Å²) >= 11 is 0. The summed E-state index contributed by atoms with van der Waals surface area (Å²) < 4.78 is 36.4. The highest BCUT2D eigenvalue weighted by Gasteiger charge is 2.32. The molecule has 0 atom stereocenters. The second-order valence-corrected chi connectivity index (χ2v) is 10.3. The third-order valence-corrected chi connectivity index (χ3v) is 3.70. The Balaban J connectivity index is 3.31. The van der Waals surface area contributed by atoms with Crippen LogP contribution in [0.2, 0.25) is 0 Å². The molecule has 2 amide bonds. The number of nitrogens with zero attached hydrogens (tertiary/aromatic N) is 1. The average molecular weight is 415 g/mol. The van der Waals surface area contributed by atoms with Gasteiger partial charge >= 0.3 is 12.2 Å². The summed E-state index contributed by atoms with van der Waals surface area (Å²) in [5, 5.41) is 0. The molecule has 0 aliphatic rings. The van der Waals surface area contributed by atoms with E-state index < -0.39 is 33.4 Å². The third kappa shape index (κ3) is 8.60. The number of sulfonamides is 1. The number of anilines is 1.